The van der Waals surface area contributed by atoms with E-state index < -0.39 is 35.4 Å². The van der Waals surface area contributed by atoms with E-state index in [1.165, 1.54) is 12.1 Å². The van der Waals surface area contributed by atoms with Gasteiger partial charge in [-0.05, 0) is 47.5 Å². The predicted molar refractivity (Wildman–Crippen MR) is 127 cm³/mol. The summed E-state index contributed by atoms with van der Waals surface area (Å²) in [6, 6.07) is 13.4. The molecule has 0 aromatic heterocycles. The highest BCUT2D eigenvalue weighted by atomic mass is 19.4. The molecule has 4 rings (SSSR count). The van der Waals surface area contributed by atoms with Gasteiger partial charge in [-0.3, -0.25) is 14.4 Å². The molecule has 0 saturated heterocycles. The van der Waals surface area contributed by atoms with Gasteiger partial charge in [0.15, 0.2) is 6.61 Å². The Morgan fingerprint density at radius 3 is 1.82 bits per heavy atom. The minimum atomic E-state index is -4.41. The minimum Gasteiger partial charge on any atom is -0.481 e. The lowest BCUT2D eigenvalue weighted by Crippen LogP contribution is -2.27. The van der Waals surface area contributed by atoms with E-state index in [4.69, 9.17) is 9.84 Å². The molecule has 206 valence electrons. The van der Waals surface area contributed by atoms with Crippen LogP contribution in [-0.4, -0.2) is 29.5 Å². The van der Waals surface area contributed by atoms with E-state index in [2.05, 4.69) is 10.6 Å². The first-order valence-electron chi connectivity index (χ1n) is 11.1. The van der Waals surface area contributed by atoms with Gasteiger partial charge in [-0.2, -0.15) is 26.3 Å². The number of carbonyl (C=O) groups excluding carboxylic acids is 2. The minimum absolute atomic E-state index is 0.101. The van der Waals surface area contributed by atoms with Crippen molar-refractivity contribution >= 4 is 29.2 Å². The highest BCUT2D eigenvalue weighted by Gasteiger charge is 2.30. The highest BCUT2D eigenvalue weighted by molar-refractivity contribution is 6.03. The number of hydrogen-bond acceptors (Lipinski definition) is 4. The van der Waals surface area contributed by atoms with Crippen LogP contribution in [0.5, 0.6) is 5.75 Å². The topological polar surface area (TPSA) is 105 Å². The maximum Gasteiger partial charge on any atom is 0.416 e. The number of halogens is 6. The summed E-state index contributed by atoms with van der Waals surface area (Å²) in [7, 11) is 0. The molecule has 0 aliphatic carbocycles. The molecule has 1 aliphatic rings. The van der Waals surface area contributed by atoms with Crippen molar-refractivity contribution in [1.29, 1.82) is 0 Å². The molecule has 3 aromatic rings. The molecule has 0 saturated carbocycles. The lowest BCUT2D eigenvalue weighted by molar-refractivity contribution is -0.138. The Balaban J connectivity index is 0.000000255. The predicted octanol–water partition coefficient (Wildman–Crippen LogP) is 5.55. The third kappa shape index (κ3) is 8.48. The fraction of sp³-hybridized carbons (Fsp3) is 0.192. The van der Waals surface area contributed by atoms with Crippen molar-refractivity contribution in [2.75, 3.05) is 17.2 Å². The third-order valence-corrected chi connectivity index (χ3v) is 5.21. The summed E-state index contributed by atoms with van der Waals surface area (Å²) >= 11 is 0. The Bertz CT molecular complexity index is 1340. The Morgan fingerprint density at radius 2 is 1.33 bits per heavy atom. The van der Waals surface area contributed by atoms with Crippen molar-refractivity contribution in [2.45, 2.75) is 25.2 Å². The van der Waals surface area contributed by atoms with Crippen LogP contribution in [0.1, 0.15) is 22.3 Å². The molecule has 1 heterocycles. The number of aliphatic carboxylic acids is 1. The van der Waals surface area contributed by atoms with Crippen LogP contribution < -0.4 is 15.4 Å². The molecular formula is C26H20F6N2O5. The fourth-order valence-corrected chi connectivity index (χ4v) is 3.38. The van der Waals surface area contributed by atoms with Crippen LogP contribution >= 0.6 is 0 Å². The van der Waals surface area contributed by atoms with Gasteiger partial charge in [0.25, 0.3) is 5.91 Å². The second kappa shape index (κ2) is 11.9. The quantitative estimate of drug-likeness (QED) is 0.359. The van der Waals surface area contributed by atoms with Crippen molar-refractivity contribution in [3.8, 4) is 5.75 Å². The average Bonchev–Trinajstić information content (AvgIpc) is 2.84. The van der Waals surface area contributed by atoms with E-state index >= 15 is 0 Å². The normalized spacial score (nSPS) is 12.7. The van der Waals surface area contributed by atoms with Crippen molar-refractivity contribution in [2.24, 2.45) is 0 Å². The second-order valence-electron chi connectivity index (χ2n) is 8.20. The molecule has 0 radical (unpaired) electrons. The van der Waals surface area contributed by atoms with Crippen LogP contribution in [0.3, 0.4) is 0 Å². The SMILES string of the molecule is O=C(Cc1ccc(C(F)(F)F)cc1)Nc1cccc2c1NC(=O)CO2.O=C(O)Cc1ccc(C(F)(F)F)cc1. The molecule has 0 spiro atoms. The Morgan fingerprint density at radius 1 is 0.821 bits per heavy atom. The number of rotatable bonds is 5. The first-order valence-corrected chi connectivity index (χ1v) is 11.1. The van der Waals surface area contributed by atoms with Crippen molar-refractivity contribution < 1.29 is 50.6 Å². The summed E-state index contributed by atoms with van der Waals surface area (Å²) in [6.45, 7) is -0.101. The molecule has 3 N–H and O–H groups in total. The molecule has 7 nitrogen and oxygen atoms in total. The van der Waals surface area contributed by atoms with Gasteiger partial charge in [0, 0.05) is 0 Å². The molecule has 0 bridgehead atoms. The maximum absolute atomic E-state index is 12.5. The summed E-state index contributed by atoms with van der Waals surface area (Å²) in [5.74, 6) is -1.39. The number of hydrogen-bond donors (Lipinski definition) is 3. The number of anilines is 2. The first kappa shape index (κ1) is 29.0. The van der Waals surface area contributed by atoms with Crippen molar-refractivity contribution in [3.05, 3.63) is 89.0 Å². The van der Waals surface area contributed by atoms with Gasteiger partial charge in [0.1, 0.15) is 11.4 Å². The zero-order chi connectivity index (χ0) is 28.8. The van der Waals surface area contributed by atoms with Gasteiger partial charge < -0.3 is 20.5 Å². The van der Waals surface area contributed by atoms with E-state index in [1.54, 1.807) is 18.2 Å². The zero-order valence-corrected chi connectivity index (χ0v) is 19.8. The van der Waals surface area contributed by atoms with Crippen LogP contribution in [0, 0.1) is 0 Å². The van der Waals surface area contributed by atoms with Gasteiger partial charge in [0.2, 0.25) is 5.91 Å². The fourth-order valence-electron chi connectivity index (χ4n) is 3.38. The number of benzene rings is 3. The lowest BCUT2D eigenvalue weighted by atomic mass is 10.1. The second-order valence-corrected chi connectivity index (χ2v) is 8.20. The number of carboxylic acid groups (broad SMARTS) is 1. The van der Waals surface area contributed by atoms with E-state index in [0.29, 0.717) is 28.3 Å². The molecular weight excluding hydrogens is 534 g/mol. The molecule has 0 fully saturated rings. The van der Waals surface area contributed by atoms with Gasteiger partial charge in [-0.15, -0.1) is 0 Å². The summed E-state index contributed by atoms with van der Waals surface area (Å²) in [5, 5.41) is 13.6. The lowest BCUT2D eigenvalue weighted by Gasteiger charge is -2.20. The molecule has 3 aromatic carbocycles. The van der Waals surface area contributed by atoms with Crippen molar-refractivity contribution in [1.82, 2.24) is 0 Å². The van der Waals surface area contributed by atoms with Crippen LogP contribution in [-0.2, 0) is 39.6 Å². The summed E-state index contributed by atoms with van der Waals surface area (Å²) in [6.07, 6.45) is -9.15. The smallest absolute Gasteiger partial charge is 0.416 e. The van der Waals surface area contributed by atoms with Gasteiger partial charge in [-0.25, -0.2) is 0 Å². The van der Waals surface area contributed by atoms with Crippen molar-refractivity contribution in [3.63, 3.8) is 0 Å². The van der Waals surface area contributed by atoms with Crippen LogP contribution in [0.4, 0.5) is 37.7 Å². The van der Waals surface area contributed by atoms with Gasteiger partial charge >= 0.3 is 18.3 Å². The Kier molecular flexibility index (Phi) is 8.84. The highest BCUT2D eigenvalue weighted by Crippen LogP contribution is 2.35. The van der Waals surface area contributed by atoms with Crippen LogP contribution in [0.2, 0.25) is 0 Å². The van der Waals surface area contributed by atoms with E-state index in [0.717, 1.165) is 36.4 Å². The van der Waals surface area contributed by atoms with E-state index in [-0.39, 0.29) is 25.4 Å². The average molecular weight is 554 g/mol. The zero-order valence-electron chi connectivity index (χ0n) is 19.8. The third-order valence-electron chi connectivity index (χ3n) is 5.21. The Labute approximate surface area is 217 Å². The number of fused-ring (bicyclic) bond motifs is 1. The number of nitrogens with one attached hydrogen (secondary N) is 2. The number of amides is 2. The maximum atomic E-state index is 12.5. The number of alkyl halides is 6. The molecule has 13 heteroatoms. The molecule has 0 atom stereocenters. The van der Waals surface area contributed by atoms with Crippen LogP contribution in [0.25, 0.3) is 0 Å². The molecule has 0 unspecified atom stereocenters. The monoisotopic (exact) mass is 554 g/mol. The number of carbonyl (C=O) groups is 3. The summed E-state index contributed by atoms with van der Waals surface area (Å²) in [4.78, 5) is 33.8. The molecule has 39 heavy (non-hydrogen) atoms. The molecule has 1 aliphatic heterocycles. The number of ether oxygens (including phenoxy) is 1. The van der Waals surface area contributed by atoms with E-state index in [1.807, 2.05) is 0 Å². The summed E-state index contributed by atoms with van der Waals surface area (Å²) < 4.78 is 79.1. The standard InChI is InChI=1S/C17H13F3N2O3.C9H7F3O2/c18-17(19,20)11-6-4-10(5-7-11)8-14(23)21-12-2-1-3-13-16(12)22-15(24)9-25-13;10-9(11,12)7-3-1-6(2-4-7)5-8(13)14/h1-7H,8-9H2,(H,21,23)(H,22,24);1-4H,5H2,(H,13,14). The number of para-hydroxylation sites is 1. The van der Waals surface area contributed by atoms with Gasteiger partial charge in [0.05, 0.1) is 29.7 Å². The largest absolute Gasteiger partial charge is 0.481 e. The first-order chi connectivity index (χ1) is 18.2. The van der Waals surface area contributed by atoms with Crippen LogP contribution in [0.15, 0.2) is 66.7 Å². The summed E-state index contributed by atoms with van der Waals surface area (Å²) in [5.41, 5.74) is -0.0247. The van der Waals surface area contributed by atoms with E-state index in [9.17, 15) is 40.7 Å². The van der Waals surface area contributed by atoms with Gasteiger partial charge in [-0.1, -0.05) is 30.3 Å². The Hall–Kier alpha value is -4.55. The number of carboxylic acids is 1. The molecule has 2 amide bonds.